The maximum atomic E-state index is 12.0. The van der Waals surface area contributed by atoms with E-state index in [0.717, 1.165) is 20.3 Å². The van der Waals surface area contributed by atoms with E-state index < -0.39 is 5.69 Å². The first-order chi connectivity index (χ1) is 11.0. The van der Waals surface area contributed by atoms with Crippen LogP contribution in [-0.2, 0) is 17.9 Å². The summed E-state index contributed by atoms with van der Waals surface area (Å²) in [6.07, 6.45) is 1.49. The number of carbonyl (C=O) groups excluding carboxylic acids is 1. The predicted molar refractivity (Wildman–Crippen MR) is 85.3 cm³/mol. The van der Waals surface area contributed by atoms with Crippen molar-refractivity contribution in [2.24, 2.45) is 0 Å². The van der Waals surface area contributed by atoms with Crippen LogP contribution < -0.4 is 11.0 Å². The molecule has 7 nitrogen and oxygen atoms in total. The highest BCUT2D eigenvalue weighted by Crippen LogP contribution is 2.14. The number of nitrogens with one attached hydrogen (secondary N) is 1. The lowest BCUT2D eigenvalue weighted by Crippen LogP contribution is -2.32. The van der Waals surface area contributed by atoms with Crippen LogP contribution in [0.2, 0.25) is 5.02 Å². The first kappa shape index (κ1) is 15.2. The van der Waals surface area contributed by atoms with Gasteiger partial charge in [-0.05, 0) is 42.3 Å². The SMILES string of the molecule is Cc1cc(Cl)ccc1CNC(=O)Cn1nc2cccnn2c1=O. The van der Waals surface area contributed by atoms with Crippen LogP contribution >= 0.6 is 11.6 Å². The van der Waals surface area contributed by atoms with Crippen molar-refractivity contribution in [3.05, 3.63) is 63.2 Å². The Morgan fingerprint density at radius 3 is 2.91 bits per heavy atom. The van der Waals surface area contributed by atoms with Gasteiger partial charge < -0.3 is 5.32 Å². The molecule has 8 heteroatoms. The van der Waals surface area contributed by atoms with Gasteiger partial charge in [-0.25, -0.2) is 9.48 Å². The molecule has 2 aromatic heterocycles. The molecule has 1 amide bonds. The van der Waals surface area contributed by atoms with Crippen molar-refractivity contribution in [2.75, 3.05) is 0 Å². The molecule has 0 radical (unpaired) electrons. The molecule has 118 valence electrons. The van der Waals surface area contributed by atoms with E-state index in [1.807, 2.05) is 19.1 Å². The van der Waals surface area contributed by atoms with Crippen LogP contribution in [0.4, 0.5) is 0 Å². The van der Waals surface area contributed by atoms with Crippen LogP contribution in [-0.4, -0.2) is 25.3 Å². The third-order valence-corrected chi connectivity index (χ3v) is 3.66. The van der Waals surface area contributed by atoms with Gasteiger partial charge in [0.15, 0.2) is 5.65 Å². The predicted octanol–water partition coefficient (Wildman–Crippen LogP) is 1.17. The largest absolute Gasteiger partial charge is 0.367 e. The number of nitrogens with zero attached hydrogens (tertiary/aromatic N) is 4. The summed E-state index contributed by atoms with van der Waals surface area (Å²) in [6.45, 7) is 2.13. The smallest absolute Gasteiger partial charge is 0.350 e. The quantitative estimate of drug-likeness (QED) is 0.778. The van der Waals surface area contributed by atoms with Gasteiger partial charge in [-0.3, -0.25) is 4.79 Å². The molecule has 23 heavy (non-hydrogen) atoms. The Bertz CT molecular complexity index is 931. The zero-order valence-corrected chi connectivity index (χ0v) is 13.1. The fourth-order valence-electron chi connectivity index (χ4n) is 2.21. The third-order valence-electron chi connectivity index (χ3n) is 3.43. The van der Waals surface area contributed by atoms with E-state index in [2.05, 4.69) is 15.5 Å². The molecule has 0 unspecified atom stereocenters. The molecule has 1 aromatic carbocycles. The van der Waals surface area contributed by atoms with Gasteiger partial charge in [-0.1, -0.05) is 17.7 Å². The molecule has 3 aromatic rings. The highest BCUT2D eigenvalue weighted by Gasteiger charge is 2.11. The topological polar surface area (TPSA) is 81.3 Å². The summed E-state index contributed by atoms with van der Waals surface area (Å²) in [5.74, 6) is -0.301. The molecule has 2 heterocycles. The van der Waals surface area contributed by atoms with Gasteiger partial charge in [0.2, 0.25) is 5.91 Å². The lowest BCUT2D eigenvalue weighted by atomic mass is 10.1. The van der Waals surface area contributed by atoms with Gasteiger partial charge in [0.05, 0.1) is 0 Å². The molecule has 0 aliphatic rings. The van der Waals surface area contributed by atoms with Crippen LogP contribution in [0.25, 0.3) is 5.65 Å². The van der Waals surface area contributed by atoms with Crippen LogP contribution in [0.5, 0.6) is 0 Å². The molecule has 0 aliphatic heterocycles. The highest BCUT2D eigenvalue weighted by molar-refractivity contribution is 6.30. The first-order valence-electron chi connectivity index (χ1n) is 6.97. The minimum Gasteiger partial charge on any atom is -0.350 e. The molecular weight excluding hydrogens is 318 g/mol. The Balaban J connectivity index is 1.69. The van der Waals surface area contributed by atoms with E-state index in [4.69, 9.17) is 11.6 Å². The number of hydrogen-bond acceptors (Lipinski definition) is 4. The molecule has 0 saturated heterocycles. The Kier molecular flexibility index (Phi) is 4.12. The monoisotopic (exact) mass is 331 g/mol. The number of hydrogen-bond donors (Lipinski definition) is 1. The molecule has 0 spiro atoms. The number of rotatable bonds is 4. The van der Waals surface area contributed by atoms with Crippen molar-refractivity contribution in [1.29, 1.82) is 0 Å². The van der Waals surface area contributed by atoms with E-state index in [-0.39, 0.29) is 12.5 Å². The van der Waals surface area contributed by atoms with E-state index in [1.54, 1.807) is 18.2 Å². The second-order valence-corrected chi connectivity index (χ2v) is 5.52. The van der Waals surface area contributed by atoms with E-state index in [9.17, 15) is 9.59 Å². The van der Waals surface area contributed by atoms with E-state index >= 15 is 0 Å². The number of benzene rings is 1. The van der Waals surface area contributed by atoms with Crippen LogP contribution in [0.1, 0.15) is 11.1 Å². The van der Waals surface area contributed by atoms with Crippen LogP contribution in [0.3, 0.4) is 0 Å². The summed E-state index contributed by atoms with van der Waals surface area (Å²) in [4.78, 5) is 24.1. The number of halogens is 1. The number of aromatic nitrogens is 4. The number of carbonyl (C=O) groups is 1. The summed E-state index contributed by atoms with van der Waals surface area (Å²) in [7, 11) is 0. The van der Waals surface area contributed by atoms with Crippen molar-refractivity contribution in [1.82, 2.24) is 24.7 Å². The number of fused-ring (bicyclic) bond motifs is 1. The lowest BCUT2D eigenvalue weighted by molar-refractivity contribution is -0.122. The van der Waals surface area contributed by atoms with Gasteiger partial charge in [0, 0.05) is 17.8 Å². The zero-order chi connectivity index (χ0) is 16.4. The molecular formula is C15H14ClN5O2. The standard InChI is InChI=1S/C15H14ClN5O2/c1-10-7-12(16)5-4-11(10)8-17-14(22)9-20-15(23)21-13(19-20)3-2-6-18-21/h2-7H,8-9H2,1H3,(H,17,22). The Hall–Kier alpha value is -2.67. The maximum absolute atomic E-state index is 12.0. The number of aryl methyl sites for hydroxylation is 1. The first-order valence-corrected chi connectivity index (χ1v) is 7.35. The lowest BCUT2D eigenvalue weighted by Gasteiger charge is -2.08. The minimum atomic E-state index is -0.446. The normalized spacial score (nSPS) is 10.9. The van der Waals surface area contributed by atoms with E-state index in [1.165, 1.54) is 6.20 Å². The Labute approximate surface area is 136 Å². The van der Waals surface area contributed by atoms with Crippen molar-refractivity contribution < 1.29 is 4.79 Å². The summed E-state index contributed by atoms with van der Waals surface area (Å²) >= 11 is 5.90. The molecule has 0 bridgehead atoms. The number of amides is 1. The van der Waals surface area contributed by atoms with Crippen molar-refractivity contribution >= 4 is 23.2 Å². The molecule has 3 rings (SSSR count). The fraction of sp³-hybridized carbons (Fsp3) is 0.200. The third kappa shape index (κ3) is 3.24. The summed E-state index contributed by atoms with van der Waals surface area (Å²) < 4.78 is 2.24. The fourth-order valence-corrected chi connectivity index (χ4v) is 2.44. The zero-order valence-electron chi connectivity index (χ0n) is 12.4. The van der Waals surface area contributed by atoms with Crippen LogP contribution in [0.15, 0.2) is 41.3 Å². The van der Waals surface area contributed by atoms with Crippen molar-refractivity contribution in [3.8, 4) is 0 Å². The maximum Gasteiger partial charge on any atom is 0.367 e. The molecule has 0 atom stereocenters. The molecule has 0 saturated carbocycles. The summed E-state index contributed by atoms with van der Waals surface area (Å²) in [5.41, 5.74) is 1.91. The minimum absolute atomic E-state index is 0.158. The summed E-state index contributed by atoms with van der Waals surface area (Å²) in [6, 6.07) is 8.80. The summed E-state index contributed by atoms with van der Waals surface area (Å²) in [5, 5.41) is 11.4. The van der Waals surface area contributed by atoms with Gasteiger partial charge in [0.25, 0.3) is 0 Å². The molecule has 0 fully saturated rings. The average molecular weight is 332 g/mol. The Morgan fingerprint density at radius 2 is 2.17 bits per heavy atom. The molecule has 1 N–H and O–H groups in total. The van der Waals surface area contributed by atoms with Gasteiger partial charge in [0.1, 0.15) is 6.54 Å². The second kappa shape index (κ2) is 6.21. The van der Waals surface area contributed by atoms with Crippen LogP contribution in [0, 0.1) is 6.92 Å². The van der Waals surface area contributed by atoms with E-state index in [0.29, 0.717) is 17.2 Å². The Morgan fingerprint density at radius 1 is 1.35 bits per heavy atom. The average Bonchev–Trinajstić information content (AvgIpc) is 2.83. The van der Waals surface area contributed by atoms with Gasteiger partial charge in [-0.2, -0.15) is 9.61 Å². The van der Waals surface area contributed by atoms with Crippen molar-refractivity contribution in [2.45, 2.75) is 20.0 Å². The molecule has 0 aliphatic carbocycles. The van der Waals surface area contributed by atoms with Gasteiger partial charge >= 0.3 is 5.69 Å². The van der Waals surface area contributed by atoms with Crippen molar-refractivity contribution in [3.63, 3.8) is 0 Å². The highest BCUT2D eigenvalue weighted by atomic mass is 35.5. The second-order valence-electron chi connectivity index (χ2n) is 5.08. The van der Waals surface area contributed by atoms with Gasteiger partial charge in [-0.15, -0.1) is 5.10 Å².